The molecule has 5 nitrogen and oxygen atoms in total. The van der Waals surface area contributed by atoms with Crippen LogP contribution in [0.2, 0.25) is 0 Å². The van der Waals surface area contributed by atoms with Gasteiger partial charge in [0, 0.05) is 25.7 Å². The van der Waals surface area contributed by atoms with E-state index in [4.69, 9.17) is 5.73 Å². The van der Waals surface area contributed by atoms with Crippen LogP contribution in [0, 0.1) is 0 Å². The van der Waals surface area contributed by atoms with E-state index in [-0.39, 0.29) is 12.1 Å². The normalized spacial score (nSPS) is 27.2. The van der Waals surface area contributed by atoms with Crippen molar-refractivity contribution in [3.63, 3.8) is 0 Å². The molecule has 96 valence electrons. The third-order valence-corrected chi connectivity index (χ3v) is 4.67. The molecule has 0 aromatic rings. The molecule has 0 radical (unpaired) electrons. The van der Waals surface area contributed by atoms with Crippen LogP contribution in [0.3, 0.4) is 0 Å². The van der Waals surface area contributed by atoms with Gasteiger partial charge in [-0.2, -0.15) is 17.4 Å². The summed E-state index contributed by atoms with van der Waals surface area (Å²) in [5.74, 6) is 0. The minimum Gasteiger partial charge on any atom is -0.328 e. The number of nitrogens with one attached hydrogen (secondary N) is 1. The first-order valence-corrected chi connectivity index (χ1v) is 7.39. The van der Waals surface area contributed by atoms with E-state index in [1.54, 1.807) is 7.05 Å². The maximum Gasteiger partial charge on any atom is 0.279 e. The lowest BCUT2D eigenvalue weighted by Crippen LogP contribution is -2.46. The summed E-state index contributed by atoms with van der Waals surface area (Å²) in [5, 5.41) is 0. The Hall–Kier alpha value is -0.170. The zero-order chi connectivity index (χ0) is 12.2. The zero-order valence-corrected chi connectivity index (χ0v) is 11.0. The van der Waals surface area contributed by atoms with Crippen LogP contribution in [0.5, 0.6) is 0 Å². The quantitative estimate of drug-likeness (QED) is 0.742. The molecule has 1 saturated carbocycles. The van der Waals surface area contributed by atoms with Gasteiger partial charge in [-0.15, -0.1) is 0 Å². The van der Waals surface area contributed by atoms with E-state index >= 15 is 0 Å². The molecule has 0 atom stereocenters. The first kappa shape index (κ1) is 13.9. The molecule has 16 heavy (non-hydrogen) atoms. The highest BCUT2D eigenvalue weighted by atomic mass is 32.2. The number of nitrogens with zero attached hydrogens (tertiary/aromatic N) is 1. The molecule has 1 aliphatic rings. The Morgan fingerprint density at radius 2 is 1.88 bits per heavy atom. The number of rotatable bonds is 5. The Labute approximate surface area is 98.6 Å². The smallest absolute Gasteiger partial charge is 0.279 e. The minimum atomic E-state index is -3.30. The second-order valence-electron chi connectivity index (χ2n) is 4.56. The van der Waals surface area contributed by atoms with Crippen LogP contribution < -0.4 is 10.5 Å². The van der Waals surface area contributed by atoms with Crippen LogP contribution in [0.4, 0.5) is 0 Å². The third-order valence-electron chi connectivity index (χ3n) is 3.04. The second kappa shape index (κ2) is 5.95. The van der Waals surface area contributed by atoms with Crippen molar-refractivity contribution in [3.05, 3.63) is 0 Å². The van der Waals surface area contributed by atoms with Crippen molar-refractivity contribution in [3.8, 4) is 0 Å². The topological polar surface area (TPSA) is 75.4 Å². The summed E-state index contributed by atoms with van der Waals surface area (Å²) in [5.41, 5.74) is 5.78. The molecular formula is C10H23N3O2S. The maximum absolute atomic E-state index is 11.9. The molecule has 0 saturated heterocycles. The maximum atomic E-state index is 11.9. The third kappa shape index (κ3) is 4.01. The molecule has 0 spiro atoms. The van der Waals surface area contributed by atoms with Gasteiger partial charge in [-0.3, -0.25) is 0 Å². The van der Waals surface area contributed by atoms with Gasteiger partial charge in [0.15, 0.2) is 0 Å². The van der Waals surface area contributed by atoms with Gasteiger partial charge in [0.1, 0.15) is 0 Å². The second-order valence-corrected chi connectivity index (χ2v) is 6.37. The molecule has 0 aromatic heterocycles. The van der Waals surface area contributed by atoms with Gasteiger partial charge in [0.05, 0.1) is 0 Å². The highest BCUT2D eigenvalue weighted by Crippen LogP contribution is 2.18. The van der Waals surface area contributed by atoms with Crippen molar-refractivity contribution in [2.45, 2.75) is 51.1 Å². The summed E-state index contributed by atoms with van der Waals surface area (Å²) in [4.78, 5) is 0. The molecule has 1 rings (SSSR count). The average Bonchev–Trinajstić information content (AvgIpc) is 2.21. The molecule has 6 heteroatoms. The van der Waals surface area contributed by atoms with Gasteiger partial charge in [0.25, 0.3) is 10.2 Å². The Bertz CT molecular complexity index is 297. The van der Waals surface area contributed by atoms with Crippen molar-refractivity contribution in [2.75, 3.05) is 13.6 Å². The van der Waals surface area contributed by atoms with Crippen LogP contribution in [0.25, 0.3) is 0 Å². The summed E-state index contributed by atoms with van der Waals surface area (Å²) in [6.45, 7) is 2.52. The van der Waals surface area contributed by atoms with E-state index < -0.39 is 10.2 Å². The van der Waals surface area contributed by atoms with Crippen molar-refractivity contribution in [1.29, 1.82) is 0 Å². The Kier molecular flexibility index (Phi) is 5.17. The van der Waals surface area contributed by atoms with Gasteiger partial charge in [-0.05, 0) is 32.1 Å². The first-order valence-electron chi connectivity index (χ1n) is 5.95. The molecule has 0 bridgehead atoms. The molecule has 0 unspecified atom stereocenters. The SMILES string of the molecule is CCCN(C)S(=O)(=O)NC1CCC(N)CC1. The molecule has 0 aliphatic heterocycles. The Morgan fingerprint density at radius 3 is 2.38 bits per heavy atom. The fourth-order valence-electron chi connectivity index (χ4n) is 1.97. The Balaban J connectivity index is 2.46. The number of hydrogen-bond donors (Lipinski definition) is 2. The van der Waals surface area contributed by atoms with E-state index in [2.05, 4.69) is 4.72 Å². The van der Waals surface area contributed by atoms with Crippen LogP contribution >= 0.6 is 0 Å². The minimum absolute atomic E-state index is 0.0594. The van der Waals surface area contributed by atoms with Gasteiger partial charge in [-0.1, -0.05) is 6.92 Å². The lowest BCUT2D eigenvalue weighted by molar-refractivity contribution is 0.362. The van der Waals surface area contributed by atoms with E-state index in [0.29, 0.717) is 6.54 Å². The summed E-state index contributed by atoms with van der Waals surface area (Å²) in [6.07, 6.45) is 4.34. The van der Waals surface area contributed by atoms with Gasteiger partial charge < -0.3 is 5.73 Å². The van der Waals surface area contributed by atoms with Crippen molar-refractivity contribution >= 4 is 10.2 Å². The summed E-state index contributed by atoms with van der Waals surface area (Å²) >= 11 is 0. The highest BCUT2D eigenvalue weighted by molar-refractivity contribution is 7.87. The van der Waals surface area contributed by atoms with Gasteiger partial charge in [-0.25, -0.2) is 0 Å². The lowest BCUT2D eigenvalue weighted by Gasteiger charge is -2.28. The zero-order valence-electron chi connectivity index (χ0n) is 10.1. The van der Waals surface area contributed by atoms with Gasteiger partial charge >= 0.3 is 0 Å². The molecule has 0 aromatic carbocycles. The first-order chi connectivity index (χ1) is 7.45. The average molecular weight is 249 g/mol. The van der Waals surface area contributed by atoms with Crippen LogP contribution in [0.1, 0.15) is 39.0 Å². The summed E-state index contributed by atoms with van der Waals surface area (Å²) < 4.78 is 27.8. The van der Waals surface area contributed by atoms with Gasteiger partial charge in [0.2, 0.25) is 0 Å². The Morgan fingerprint density at radius 1 is 1.31 bits per heavy atom. The predicted octanol–water partition coefficient (Wildman–Crippen LogP) is 0.433. The molecule has 0 heterocycles. The standard InChI is InChI=1S/C10H23N3O2S/c1-3-8-13(2)16(14,15)12-10-6-4-9(11)5-7-10/h9-10,12H,3-8,11H2,1-2H3. The monoisotopic (exact) mass is 249 g/mol. The van der Waals surface area contributed by atoms with Crippen molar-refractivity contribution < 1.29 is 8.42 Å². The molecule has 0 amide bonds. The van der Waals surface area contributed by atoms with Crippen molar-refractivity contribution in [2.24, 2.45) is 5.73 Å². The molecule has 1 fully saturated rings. The fraction of sp³-hybridized carbons (Fsp3) is 1.00. The summed E-state index contributed by atoms with van der Waals surface area (Å²) in [7, 11) is -1.69. The van der Waals surface area contributed by atoms with E-state index in [1.807, 2.05) is 6.92 Å². The van der Waals surface area contributed by atoms with E-state index in [1.165, 1.54) is 4.31 Å². The molecule has 3 N–H and O–H groups in total. The molecular weight excluding hydrogens is 226 g/mol. The number of nitrogens with two attached hydrogens (primary N) is 1. The van der Waals surface area contributed by atoms with E-state index in [9.17, 15) is 8.42 Å². The fourth-order valence-corrected chi connectivity index (χ4v) is 3.23. The van der Waals surface area contributed by atoms with E-state index in [0.717, 1.165) is 32.1 Å². The van der Waals surface area contributed by atoms with Crippen LogP contribution in [0.15, 0.2) is 0 Å². The van der Waals surface area contributed by atoms with Crippen molar-refractivity contribution in [1.82, 2.24) is 9.03 Å². The van der Waals surface area contributed by atoms with Crippen LogP contribution in [-0.4, -0.2) is 38.4 Å². The molecule has 1 aliphatic carbocycles. The largest absolute Gasteiger partial charge is 0.328 e. The summed E-state index contributed by atoms with van der Waals surface area (Å²) in [6, 6.07) is 0.304. The lowest BCUT2D eigenvalue weighted by atomic mass is 9.93. The predicted molar refractivity (Wildman–Crippen MR) is 65.2 cm³/mol. The van der Waals surface area contributed by atoms with Crippen LogP contribution in [-0.2, 0) is 10.2 Å². The highest BCUT2D eigenvalue weighted by Gasteiger charge is 2.25. The number of hydrogen-bond acceptors (Lipinski definition) is 3.